The average Bonchev–Trinajstić information content (AvgIpc) is 2.94. The molecular formula is C29H21Cl2N3O4S. The Bertz CT molecular complexity index is 1810. The molecule has 0 saturated carbocycles. The van der Waals surface area contributed by atoms with Gasteiger partial charge in [-0.2, -0.15) is 0 Å². The molecule has 0 saturated heterocycles. The first-order valence-corrected chi connectivity index (χ1v) is 13.9. The lowest BCUT2D eigenvalue weighted by Crippen LogP contribution is -2.15. The van der Waals surface area contributed by atoms with E-state index in [0.717, 1.165) is 5.56 Å². The van der Waals surface area contributed by atoms with E-state index >= 15 is 0 Å². The summed E-state index contributed by atoms with van der Waals surface area (Å²) in [5.41, 5.74) is 3.12. The van der Waals surface area contributed by atoms with Crippen molar-refractivity contribution in [2.24, 2.45) is 0 Å². The number of hydrogen-bond acceptors (Lipinski definition) is 5. The van der Waals surface area contributed by atoms with E-state index in [4.69, 9.17) is 32.9 Å². The maximum atomic E-state index is 13.5. The highest BCUT2D eigenvalue weighted by Gasteiger charge is 2.20. The minimum absolute atomic E-state index is 0.0786. The van der Waals surface area contributed by atoms with Gasteiger partial charge in [0.15, 0.2) is 0 Å². The Balaban J connectivity index is 1.48. The molecule has 5 aromatic rings. The van der Waals surface area contributed by atoms with Gasteiger partial charge < -0.3 is 10.1 Å². The number of sulfonamides is 1. The van der Waals surface area contributed by atoms with Gasteiger partial charge >= 0.3 is 0 Å². The lowest BCUT2D eigenvalue weighted by Gasteiger charge is -2.15. The summed E-state index contributed by atoms with van der Waals surface area (Å²) in [6.45, 7) is 0. The summed E-state index contributed by atoms with van der Waals surface area (Å²) in [4.78, 5) is 18.2. The van der Waals surface area contributed by atoms with Crippen LogP contribution in [0.25, 0.3) is 22.2 Å². The Hall–Kier alpha value is -4.11. The van der Waals surface area contributed by atoms with Crippen molar-refractivity contribution in [2.45, 2.75) is 4.90 Å². The maximum Gasteiger partial charge on any atom is 0.262 e. The lowest BCUT2D eigenvalue weighted by molar-refractivity contribution is 0.102. The highest BCUT2D eigenvalue weighted by molar-refractivity contribution is 7.92. The summed E-state index contributed by atoms with van der Waals surface area (Å²) in [6.07, 6.45) is 0. The number of methoxy groups -OCH3 is 1. The number of carbonyl (C=O) groups is 1. The molecule has 0 aliphatic heterocycles. The van der Waals surface area contributed by atoms with E-state index in [1.54, 1.807) is 18.2 Å². The van der Waals surface area contributed by atoms with Gasteiger partial charge in [0.1, 0.15) is 5.75 Å². The molecule has 196 valence electrons. The number of fused-ring (bicyclic) bond motifs is 1. The van der Waals surface area contributed by atoms with Gasteiger partial charge in [0.25, 0.3) is 15.9 Å². The second-order valence-electron chi connectivity index (χ2n) is 8.49. The van der Waals surface area contributed by atoms with Gasteiger partial charge in [-0.3, -0.25) is 9.52 Å². The first-order chi connectivity index (χ1) is 18.7. The highest BCUT2D eigenvalue weighted by Crippen LogP contribution is 2.32. The monoisotopic (exact) mass is 577 g/mol. The van der Waals surface area contributed by atoms with Crippen molar-refractivity contribution in [1.82, 2.24) is 4.98 Å². The van der Waals surface area contributed by atoms with Crippen LogP contribution in [0.5, 0.6) is 5.75 Å². The van der Waals surface area contributed by atoms with Gasteiger partial charge in [0, 0.05) is 16.6 Å². The number of carbonyl (C=O) groups excluding carboxylic acids is 1. The van der Waals surface area contributed by atoms with E-state index in [1.807, 2.05) is 54.6 Å². The van der Waals surface area contributed by atoms with Crippen LogP contribution in [0.2, 0.25) is 10.0 Å². The minimum atomic E-state index is -4.04. The molecule has 1 aromatic heterocycles. The summed E-state index contributed by atoms with van der Waals surface area (Å²) in [5, 5.41) is 3.89. The molecule has 0 fully saturated rings. The number of benzene rings is 4. The van der Waals surface area contributed by atoms with Crippen LogP contribution in [0.15, 0.2) is 102 Å². The number of amides is 1. The van der Waals surface area contributed by atoms with Crippen molar-refractivity contribution in [3.8, 4) is 17.0 Å². The fraction of sp³-hybridized carbons (Fsp3) is 0.0345. The van der Waals surface area contributed by atoms with Crippen LogP contribution in [0, 0.1) is 0 Å². The van der Waals surface area contributed by atoms with Gasteiger partial charge in [0.05, 0.1) is 44.5 Å². The van der Waals surface area contributed by atoms with E-state index in [1.165, 1.54) is 31.4 Å². The Labute approximate surface area is 235 Å². The Morgan fingerprint density at radius 1 is 0.846 bits per heavy atom. The summed E-state index contributed by atoms with van der Waals surface area (Å²) in [7, 11) is -2.63. The largest absolute Gasteiger partial charge is 0.495 e. The minimum Gasteiger partial charge on any atom is -0.495 e. The van der Waals surface area contributed by atoms with Crippen LogP contribution in [-0.4, -0.2) is 26.4 Å². The van der Waals surface area contributed by atoms with Gasteiger partial charge in [-0.05, 0) is 48.5 Å². The predicted molar refractivity (Wildman–Crippen MR) is 155 cm³/mol. The first kappa shape index (κ1) is 26.5. The number of hydrogen-bond donors (Lipinski definition) is 2. The molecule has 2 N–H and O–H groups in total. The van der Waals surface area contributed by atoms with Crippen LogP contribution < -0.4 is 14.8 Å². The van der Waals surface area contributed by atoms with Crippen molar-refractivity contribution < 1.29 is 17.9 Å². The molecule has 7 nitrogen and oxygen atoms in total. The number of para-hydroxylation sites is 1. The third-order valence-corrected chi connectivity index (χ3v) is 8.04. The molecule has 0 aliphatic rings. The second kappa shape index (κ2) is 10.9. The average molecular weight is 578 g/mol. The van der Waals surface area contributed by atoms with Crippen molar-refractivity contribution in [1.29, 1.82) is 0 Å². The molecule has 0 bridgehead atoms. The number of pyridine rings is 1. The van der Waals surface area contributed by atoms with Crippen LogP contribution in [0.4, 0.5) is 11.4 Å². The predicted octanol–water partition coefficient (Wildman–Crippen LogP) is 7.27. The van der Waals surface area contributed by atoms with Crippen molar-refractivity contribution in [3.63, 3.8) is 0 Å². The summed E-state index contributed by atoms with van der Waals surface area (Å²) in [5.74, 6) is -0.119. The topological polar surface area (TPSA) is 97.4 Å². The van der Waals surface area contributed by atoms with E-state index in [9.17, 15) is 13.2 Å². The highest BCUT2D eigenvalue weighted by atomic mass is 35.5. The molecule has 10 heteroatoms. The van der Waals surface area contributed by atoms with E-state index in [0.29, 0.717) is 27.8 Å². The Morgan fingerprint density at radius 2 is 1.59 bits per heavy atom. The van der Waals surface area contributed by atoms with E-state index < -0.39 is 10.0 Å². The van der Waals surface area contributed by atoms with Crippen molar-refractivity contribution >= 4 is 61.4 Å². The standard InChI is InChI=1S/C29H21Cl2N3O4S/c1-38-28-14-11-19(15-27(28)34-39(36,37)20-12-13-23(30)24(31)16-20)32-29(35)22-17-26(18-7-3-2-4-8-18)33-25-10-6-5-9-21(22)25/h2-17,34H,1H3,(H,32,35). The number of aromatic nitrogens is 1. The van der Waals surface area contributed by atoms with Gasteiger partial charge in [0.2, 0.25) is 0 Å². The van der Waals surface area contributed by atoms with E-state index in [-0.39, 0.29) is 32.3 Å². The molecule has 4 aromatic carbocycles. The van der Waals surface area contributed by atoms with Gasteiger partial charge in [-0.15, -0.1) is 0 Å². The van der Waals surface area contributed by atoms with Crippen molar-refractivity contribution in [2.75, 3.05) is 17.1 Å². The SMILES string of the molecule is COc1ccc(NC(=O)c2cc(-c3ccccc3)nc3ccccc23)cc1NS(=O)(=O)c1ccc(Cl)c(Cl)c1. The second-order valence-corrected chi connectivity index (χ2v) is 11.0. The number of rotatable bonds is 7. The Morgan fingerprint density at radius 3 is 2.33 bits per heavy atom. The summed E-state index contributed by atoms with van der Waals surface area (Å²) in [6, 6.07) is 27.3. The summed E-state index contributed by atoms with van der Waals surface area (Å²) < 4.78 is 33.9. The normalized spacial score (nSPS) is 11.3. The fourth-order valence-corrected chi connectivity index (χ4v) is 5.48. The molecule has 0 aliphatic carbocycles. The molecule has 0 atom stereocenters. The van der Waals surface area contributed by atoms with Crippen LogP contribution in [0.1, 0.15) is 10.4 Å². The van der Waals surface area contributed by atoms with E-state index in [2.05, 4.69) is 10.0 Å². The first-order valence-electron chi connectivity index (χ1n) is 11.7. The zero-order chi connectivity index (χ0) is 27.6. The molecule has 1 amide bonds. The third-order valence-electron chi connectivity index (χ3n) is 5.93. The number of anilines is 2. The number of nitrogens with one attached hydrogen (secondary N) is 2. The maximum absolute atomic E-state index is 13.5. The molecule has 0 unspecified atom stereocenters. The number of halogens is 2. The quantitative estimate of drug-likeness (QED) is 0.212. The van der Waals surface area contributed by atoms with Gasteiger partial charge in [-0.25, -0.2) is 13.4 Å². The van der Waals surface area contributed by atoms with Crippen LogP contribution >= 0.6 is 23.2 Å². The van der Waals surface area contributed by atoms with Gasteiger partial charge in [-0.1, -0.05) is 71.7 Å². The van der Waals surface area contributed by atoms with Crippen molar-refractivity contribution in [3.05, 3.63) is 113 Å². The number of ether oxygens (including phenoxy) is 1. The Kier molecular flexibility index (Phi) is 7.43. The smallest absolute Gasteiger partial charge is 0.262 e. The molecule has 0 spiro atoms. The number of nitrogens with zero attached hydrogens (tertiary/aromatic N) is 1. The zero-order valence-corrected chi connectivity index (χ0v) is 22.8. The molecule has 39 heavy (non-hydrogen) atoms. The molecule has 0 radical (unpaired) electrons. The fourth-order valence-electron chi connectivity index (χ4n) is 4.03. The lowest BCUT2D eigenvalue weighted by atomic mass is 10.0. The molecule has 5 rings (SSSR count). The molecular weight excluding hydrogens is 557 g/mol. The summed E-state index contributed by atoms with van der Waals surface area (Å²) >= 11 is 11.9. The zero-order valence-electron chi connectivity index (χ0n) is 20.5. The third kappa shape index (κ3) is 5.68. The molecule has 1 heterocycles. The van der Waals surface area contributed by atoms with Crippen LogP contribution in [-0.2, 0) is 10.0 Å². The van der Waals surface area contributed by atoms with Crippen LogP contribution in [0.3, 0.4) is 0 Å².